The molecule has 0 spiro atoms. The van der Waals surface area contributed by atoms with Crippen LogP contribution in [0, 0.1) is 18.3 Å². The zero-order valence-corrected chi connectivity index (χ0v) is 19.7. The average Bonchev–Trinajstić information content (AvgIpc) is 3.03. The Labute approximate surface area is 199 Å². The van der Waals surface area contributed by atoms with Crippen molar-refractivity contribution < 1.29 is 4.79 Å². The van der Waals surface area contributed by atoms with Crippen LogP contribution in [0.3, 0.4) is 0 Å². The van der Waals surface area contributed by atoms with Gasteiger partial charge in [0.05, 0.1) is 23.9 Å². The van der Waals surface area contributed by atoms with Crippen molar-refractivity contribution in [2.45, 2.75) is 31.6 Å². The Kier molecular flexibility index (Phi) is 7.76. The fourth-order valence-corrected chi connectivity index (χ4v) is 4.84. The summed E-state index contributed by atoms with van der Waals surface area (Å²) >= 11 is 1.46. The fraction of sp³-hybridized carbons (Fsp3) is 0.360. The van der Waals surface area contributed by atoms with Gasteiger partial charge < -0.3 is 9.47 Å². The maximum atomic E-state index is 12.9. The van der Waals surface area contributed by atoms with E-state index < -0.39 is 0 Å². The Hall–Kier alpha value is -3.15. The average molecular weight is 461 g/mol. The molecule has 0 radical (unpaired) electrons. The molecule has 1 aromatic heterocycles. The number of rotatable bonds is 7. The second-order valence-corrected chi connectivity index (χ2v) is 9.15. The third-order valence-electron chi connectivity index (χ3n) is 5.84. The zero-order valence-electron chi connectivity index (χ0n) is 18.9. The lowest BCUT2D eigenvalue weighted by molar-refractivity contribution is -0.128. The number of nitriles is 1. The van der Waals surface area contributed by atoms with E-state index in [0.717, 1.165) is 50.1 Å². The molecule has 33 heavy (non-hydrogen) atoms. The lowest BCUT2D eigenvalue weighted by atomic mass is 10.1. The van der Waals surface area contributed by atoms with Crippen molar-refractivity contribution in [1.82, 2.24) is 24.6 Å². The van der Waals surface area contributed by atoms with E-state index >= 15 is 0 Å². The third-order valence-corrected chi connectivity index (χ3v) is 6.79. The summed E-state index contributed by atoms with van der Waals surface area (Å²) in [5.74, 6) is 1.36. The Balaban J connectivity index is 1.29. The van der Waals surface area contributed by atoms with E-state index in [1.165, 1.54) is 22.9 Å². The Morgan fingerprint density at radius 3 is 2.48 bits per heavy atom. The van der Waals surface area contributed by atoms with Crippen LogP contribution in [0.5, 0.6) is 0 Å². The van der Waals surface area contributed by atoms with Gasteiger partial charge in [-0.25, -0.2) is 0 Å². The number of hydrogen-bond donors (Lipinski definition) is 0. The lowest BCUT2D eigenvalue weighted by Gasteiger charge is -2.22. The first-order valence-corrected chi connectivity index (χ1v) is 12.2. The summed E-state index contributed by atoms with van der Waals surface area (Å²) in [6, 6.07) is 20.1. The predicted molar refractivity (Wildman–Crippen MR) is 129 cm³/mol. The summed E-state index contributed by atoms with van der Waals surface area (Å²) in [7, 11) is 0. The molecule has 1 saturated heterocycles. The van der Waals surface area contributed by atoms with Crippen molar-refractivity contribution in [1.29, 1.82) is 5.26 Å². The van der Waals surface area contributed by atoms with E-state index in [1.807, 2.05) is 54.3 Å². The Morgan fingerprint density at radius 1 is 0.970 bits per heavy atom. The molecular formula is C25H28N6OS. The maximum Gasteiger partial charge on any atom is 0.233 e. The highest BCUT2D eigenvalue weighted by Crippen LogP contribution is 2.20. The van der Waals surface area contributed by atoms with Crippen LogP contribution in [-0.4, -0.2) is 62.4 Å². The van der Waals surface area contributed by atoms with Crippen LogP contribution in [0.2, 0.25) is 0 Å². The molecule has 0 saturated carbocycles. The number of carbonyl (C=O) groups excluding carboxylic acids is 1. The van der Waals surface area contributed by atoms with E-state index in [0.29, 0.717) is 17.9 Å². The molecule has 1 amide bonds. The molecule has 1 aliphatic rings. The molecule has 0 atom stereocenters. The summed E-state index contributed by atoms with van der Waals surface area (Å²) in [6.45, 7) is 6.79. The molecule has 0 N–H and O–H groups in total. The number of thioether (sulfide) groups is 1. The molecule has 4 rings (SSSR count). The highest BCUT2D eigenvalue weighted by Gasteiger charge is 2.20. The van der Waals surface area contributed by atoms with Crippen molar-refractivity contribution in [2.24, 2.45) is 0 Å². The molecule has 0 aliphatic carbocycles. The zero-order chi connectivity index (χ0) is 23.0. The first-order valence-electron chi connectivity index (χ1n) is 11.2. The minimum Gasteiger partial charge on any atom is -0.341 e. The van der Waals surface area contributed by atoms with E-state index in [4.69, 9.17) is 5.26 Å². The molecular weight excluding hydrogens is 432 g/mol. The largest absolute Gasteiger partial charge is 0.341 e. The second kappa shape index (κ2) is 11.1. The highest BCUT2D eigenvalue weighted by molar-refractivity contribution is 7.99. The first kappa shape index (κ1) is 23.0. The number of hydrogen-bond acceptors (Lipinski definition) is 6. The molecule has 8 heteroatoms. The van der Waals surface area contributed by atoms with E-state index in [9.17, 15) is 4.79 Å². The van der Waals surface area contributed by atoms with Gasteiger partial charge in [0.1, 0.15) is 5.82 Å². The molecule has 170 valence electrons. The number of nitrogens with zero attached hydrogens (tertiary/aromatic N) is 6. The third kappa shape index (κ3) is 6.21. The topological polar surface area (TPSA) is 78.1 Å². The Morgan fingerprint density at radius 2 is 1.73 bits per heavy atom. The van der Waals surface area contributed by atoms with Crippen LogP contribution >= 0.6 is 11.8 Å². The maximum absolute atomic E-state index is 12.9. The van der Waals surface area contributed by atoms with Crippen LogP contribution in [0.25, 0.3) is 0 Å². The van der Waals surface area contributed by atoms with Crippen LogP contribution < -0.4 is 0 Å². The van der Waals surface area contributed by atoms with E-state index in [-0.39, 0.29) is 5.91 Å². The summed E-state index contributed by atoms with van der Waals surface area (Å²) in [5.41, 5.74) is 3.06. The van der Waals surface area contributed by atoms with Crippen LogP contribution in [-0.2, 0) is 17.9 Å². The quantitative estimate of drug-likeness (QED) is 0.503. The van der Waals surface area contributed by atoms with E-state index in [1.54, 1.807) is 0 Å². The van der Waals surface area contributed by atoms with Crippen molar-refractivity contribution in [3.05, 3.63) is 77.1 Å². The molecule has 2 heterocycles. The number of aryl methyl sites for hydroxylation is 1. The van der Waals surface area contributed by atoms with Crippen molar-refractivity contribution >= 4 is 17.7 Å². The fourth-order valence-electron chi connectivity index (χ4n) is 3.96. The molecule has 1 aliphatic heterocycles. The normalized spacial score (nSPS) is 14.6. The molecule has 0 bridgehead atoms. The van der Waals surface area contributed by atoms with Gasteiger partial charge in [0.25, 0.3) is 0 Å². The summed E-state index contributed by atoms with van der Waals surface area (Å²) in [5, 5.41) is 18.3. The van der Waals surface area contributed by atoms with Crippen LogP contribution in [0.1, 0.15) is 28.9 Å². The molecule has 3 aromatic rings. The van der Waals surface area contributed by atoms with Gasteiger partial charge in [0, 0.05) is 32.7 Å². The van der Waals surface area contributed by atoms with Gasteiger partial charge in [-0.15, -0.1) is 10.2 Å². The van der Waals surface area contributed by atoms with E-state index in [2.05, 4.69) is 37.9 Å². The summed E-state index contributed by atoms with van der Waals surface area (Å²) in [6.07, 6.45) is 0.954. The van der Waals surface area contributed by atoms with Crippen molar-refractivity contribution in [3.8, 4) is 6.07 Å². The van der Waals surface area contributed by atoms with Crippen LogP contribution in [0.15, 0.2) is 59.8 Å². The first-order chi connectivity index (χ1) is 16.1. The van der Waals surface area contributed by atoms with Crippen molar-refractivity contribution in [2.75, 3.05) is 31.9 Å². The number of carbonyl (C=O) groups is 1. The van der Waals surface area contributed by atoms with Gasteiger partial charge in [-0.3, -0.25) is 9.69 Å². The van der Waals surface area contributed by atoms with Crippen molar-refractivity contribution in [3.63, 3.8) is 0 Å². The minimum atomic E-state index is 0.145. The molecule has 7 nitrogen and oxygen atoms in total. The molecule has 0 unspecified atom stereocenters. The smallest absolute Gasteiger partial charge is 0.233 e. The van der Waals surface area contributed by atoms with Gasteiger partial charge in [0.2, 0.25) is 5.91 Å². The monoisotopic (exact) mass is 460 g/mol. The Bertz CT molecular complexity index is 1110. The van der Waals surface area contributed by atoms with Gasteiger partial charge >= 0.3 is 0 Å². The molecule has 2 aromatic carbocycles. The minimum absolute atomic E-state index is 0.145. The summed E-state index contributed by atoms with van der Waals surface area (Å²) < 4.78 is 2.06. The number of benzene rings is 2. The predicted octanol–water partition coefficient (Wildman–Crippen LogP) is 3.33. The number of amides is 1. The second-order valence-electron chi connectivity index (χ2n) is 8.21. The SMILES string of the molecule is Cc1nnc(SCC(=O)N2CCCN(Cc3ccc(C#N)cc3)CC2)n1Cc1ccccc1. The molecule has 1 fully saturated rings. The highest BCUT2D eigenvalue weighted by atomic mass is 32.2. The van der Waals surface area contributed by atoms with Gasteiger partial charge in [-0.1, -0.05) is 54.2 Å². The van der Waals surface area contributed by atoms with Gasteiger partial charge in [-0.2, -0.15) is 5.26 Å². The van der Waals surface area contributed by atoms with Gasteiger partial charge in [-0.05, 0) is 36.6 Å². The standard InChI is InChI=1S/C25H28N6OS/c1-20-27-28-25(31(20)18-22-6-3-2-4-7-22)33-19-24(32)30-13-5-12-29(14-15-30)17-23-10-8-21(16-26)9-11-23/h2-4,6-11H,5,12-15,17-19H2,1H3. The lowest BCUT2D eigenvalue weighted by Crippen LogP contribution is -2.36. The summed E-state index contributed by atoms with van der Waals surface area (Å²) in [4.78, 5) is 17.3. The number of aromatic nitrogens is 3. The van der Waals surface area contributed by atoms with Crippen LogP contribution in [0.4, 0.5) is 0 Å². The van der Waals surface area contributed by atoms with Gasteiger partial charge in [0.15, 0.2) is 5.16 Å².